The summed E-state index contributed by atoms with van der Waals surface area (Å²) in [5.74, 6) is -2.56. The van der Waals surface area contributed by atoms with Gasteiger partial charge in [-0.1, -0.05) is 38.1 Å². The Labute approximate surface area is 255 Å². The zero-order chi connectivity index (χ0) is 31.7. The van der Waals surface area contributed by atoms with Crippen molar-refractivity contribution in [1.29, 1.82) is 0 Å². The molecule has 2 aliphatic rings. The van der Waals surface area contributed by atoms with Crippen molar-refractivity contribution in [2.24, 2.45) is 5.92 Å². The molecule has 0 radical (unpaired) electrons. The number of thiazole rings is 1. The molecule has 1 aliphatic carbocycles. The number of aliphatic hydroxyl groups excluding tert-OH is 1. The summed E-state index contributed by atoms with van der Waals surface area (Å²) in [6.07, 6.45) is -0.785. The van der Waals surface area contributed by atoms with Gasteiger partial charge in [0.05, 0.1) is 34.6 Å². The lowest BCUT2D eigenvalue weighted by Gasteiger charge is -2.31. The van der Waals surface area contributed by atoms with E-state index in [9.17, 15) is 28.7 Å². The van der Waals surface area contributed by atoms with Crippen LogP contribution in [0, 0.1) is 12.8 Å². The summed E-state index contributed by atoms with van der Waals surface area (Å²) in [6, 6.07) is 4.73. The summed E-state index contributed by atoms with van der Waals surface area (Å²) in [5, 5.41) is 18.9. The Morgan fingerprint density at radius 3 is 2.33 bits per heavy atom. The monoisotopic (exact) mass is 615 g/mol. The van der Waals surface area contributed by atoms with Gasteiger partial charge in [-0.2, -0.15) is 0 Å². The molecule has 234 valence electrons. The predicted molar refractivity (Wildman–Crippen MR) is 162 cm³/mol. The van der Waals surface area contributed by atoms with Crippen LogP contribution in [-0.4, -0.2) is 74.6 Å². The highest BCUT2D eigenvalue weighted by Crippen LogP contribution is 2.40. The predicted octanol–water partition coefficient (Wildman–Crippen LogP) is 3.19. The molecule has 4 rings (SSSR count). The molecular formula is C31H42FN5O5S. The summed E-state index contributed by atoms with van der Waals surface area (Å²) < 4.78 is 14.4. The maximum Gasteiger partial charge on any atom is 0.258 e. The molecule has 4 atom stereocenters. The summed E-state index contributed by atoms with van der Waals surface area (Å²) >= 11 is 1.52. The number of benzene rings is 1. The number of carbonyl (C=O) groups excluding carboxylic acids is 4. The van der Waals surface area contributed by atoms with Gasteiger partial charge in [0.15, 0.2) is 5.67 Å². The molecule has 10 nitrogen and oxygen atoms in total. The molecule has 0 bridgehead atoms. The molecule has 1 aromatic heterocycles. The maximum atomic E-state index is 14.4. The lowest BCUT2D eigenvalue weighted by molar-refractivity contribution is -0.143. The summed E-state index contributed by atoms with van der Waals surface area (Å²) in [4.78, 5) is 59.4. The van der Waals surface area contributed by atoms with Crippen LogP contribution in [-0.2, 0) is 19.2 Å². The molecular weight excluding hydrogens is 573 g/mol. The molecule has 1 saturated carbocycles. The van der Waals surface area contributed by atoms with Gasteiger partial charge in [-0.15, -0.1) is 11.3 Å². The molecule has 2 fully saturated rings. The van der Waals surface area contributed by atoms with Crippen molar-refractivity contribution in [3.8, 4) is 10.4 Å². The van der Waals surface area contributed by atoms with E-state index < -0.39 is 53.2 Å². The minimum atomic E-state index is -1.95. The second-order valence-electron chi connectivity index (χ2n) is 13.0. The largest absolute Gasteiger partial charge is 0.391 e. The minimum Gasteiger partial charge on any atom is -0.391 e. The van der Waals surface area contributed by atoms with Gasteiger partial charge in [0.2, 0.25) is 17.7 Å². The first-order chi connectivity index (χ1) is 20.1. The van der Waals surface area contributed by atoms with Gasteiger partial charge in [0, 0.05) is 18.5 Å². The van der Waals surface area contributed by atoms with Gasteiger partial charge in [-0.3, -0.25) is 19.2 Å². The lowest BCUT2D eigenvalue weighted by atomic mass is 9.99. The molecule has 1 saturated heterocycles. The zero-order valence-corrected chi connectivity index (χ0v) is 26.4. The van der Waals surface area contributed by atoms with Crippen molar-refractivity contribution in [3.63, 3.8) is 0 Å². The number of hydrogen-bond donors (Lipinski definition) is 4. The molecule has 2 aromatic rings. The fourth-order valence-corrected chi connectivity index (χ4v) is 6.04. The average Bonchev–Trinajstić information content (AvgIpc) is 3.33. The van der Waals surface area contributed by atoms with E-state index in [1.165, 1.54) is 16.2 Å². The summed E-state index contributed by atoms with van der Waals surface area (Å²) in [7, 11) is 0. The highest BCUT2D eigenvalue weighted by Gasteiger charge is 2.52. The first-order valence-electron chi connectivity index (χ1n) is 14.7. The number of β-amino-alcohol motifs (C(OH)–C–C–N with tert-alkyl or cyclic N) is 1. The van der Waals surface area contributed by atoms with Gasteiger partial charge >= 0.3 is 0 Å². The third-order valence-corrected chi connectivity index (χ3v) is 8.70. The molecule has 4 N–H and O–H groups in total. The highest BCUT2D eigenvalue weighted by molar-refractivity contribution is 7.13. The number of aromatic nitrogens is 1. The average molecular weight is 616 g/mol. The molecule has 1 aromatic carbocycles. The normalized spacial score (nSPS) is 20.8. The van der Waals surface area contributed by atoms with Crippen LogP contribution in [0.15, 0.2) is 29.8 Å². The van der Waals surface area contributed by atoms with Crippen molar-refractivity contribution < 1.29 is 28.7 Å². The molecule has 43 heavy (non-hydrogen) atoms. The first kappa shape index (κ1) is 32.5. The number of carbonyl (C=O) groups is 4. The Morgan fingerprint density at radius 1 is 1.14 bits per heavy atom. The van der Waals surface area contributed by atoms with Crippen molar-refractivity contribution in [3.05, 3.63) is 41.0 Å². The van der Waals surface area contributed by atoms with Crippen LogP contribution in [0.4, 0.5) is 4.39 Å². The van der Waals surface area contributed by atoms with Crippen molar-refractivity contribution >= 4 is 35.0 Å². The Bertz CT molecular complexity index is 1350. The molecule has 2 heterocycles. The standard InChI is InChI=1S/C31H42FN5O5S/c1-17(2)25(35-29(42)31(32)11-12-31)28(41)37-15-21(38)13-23(37)27(40)34-22(14-24(39)36-30(4,5)6)19-7-9-20(10-8-19)26-18(3)33-16-43-26/h7-10,16-17,21-23,25,38H,11-15H2,1-6H3,(H,34,40)(H,35,42)(H,36,39)/t21-,22+,23+,25+/m1/s1. The number of amides is 4. The SMILES string of the molecule is Cc1ncsc1-c1ccc([C@H](CC(=O)NC(C)(C)C)NC(=O)[C@@H]2C[C@@H](O)CN2C(=O)[C@@H](NC(=O)C2(F)CC2)C(C)C)cc1. The second kappa shape index (κ2) is 12.7. The number of likely N-dealkylation sites (tertiary alicyclic amines) is 1. The van der Waals surface area contributed by atoms with Crippen LogP contribution in [0.3, 0.4) is 0 Å². The van der Waals surface area contributed by atoms with Crippen LogP contribution in [0.2, 0.25) is 0 Å². The van der Waals surface area contributed by atoms with Crippen LogP contribution < -0.4 is 16.0 Å². The van der Waals surface area contributed by atoms with E-state index in [0.29, 0.717) is 5.56 Å². The van der Waals surface area contributed by atoms with Gasteiger partial charge in [-0.05, 0) is 57.6 Å². The van der Waals surface area contributed by atoms with Crippen LogP contribution in [0.25, 0.3) is 10.4 Å². The van der Waals surface area contributed by atoms with Gasteiger partial charge < -0.3 is 26.0 Å². The maximum absolute atomic E-state index is 14.4. The smallest absolute Gasteiger partial charge is 0.258 e. The van der Waals surface area contributed by atoms with E-state index in [1.807, 2.05) is 52.0 Å². The van der Waals surface area contributed by atoms with E-state index in [0.717, 1.165) is 16.1 Å². The number of rotatable bonds is 10. The van der Waals surface area contributed by atoms with E-state index >= 15 is 0 Å². The van der Waals surface area contributed by atoms with Crippen LogP contribution >= 0.6 is 11.3 Å². The zero-order valence-electron chi connectivity index (χ0n) is 25.6. The van der Waals surface area contributed by atoms with E-state index in [2.05, 4.69) is 20.9 Å². The summed E-state index contributed by atoms with van der Waals surface area (Å²) in [6.45, 7) is 10.9. The minimum absolute atomic E-state index is 0.00607. The number of alkyl halides is 1. The van der Waals surface area contributed by atoms with Crippen LogP contribution in [0.5, 0.6) is 0 Å². The fraction of sp³-hybridized carbons (Fsp3) is 0.581. The topological polar surface area (TPSA) is 141 Å². The van der Waals surface area contributed by atoms with Gasteiger partial charge in [0.1, 0.15) is 12.1 Å². The fourth-order valence-electron chi connectivity index (χ4n) is 5.23. The van der Waals surface area contributed by atoms with Gasteiger partial charge in [0.25, 0.3) is 5.91 Å². The number of nitrogens with one attached hydrogen (secondary N) is 3. The third kappa shape index (κ3) is 7.97. The molecule has 12 heteroatoms. The summed E-state index contributed by atoms with van der Waals surface area (Å²) in [5.41, 5.74) is 1.91. The Kier molecular flexibility index (Phi) is 9.60. The third-order valence-electron chi connectivity index (χ3n) is 7.72. The quantitative estimate of drug-likeness (QED) is 0.324. The Balaban J connectivity index is 1.55. The number of halogens is 1. The number of hydrogen-bond acceptors (Lipinski definition) is 7. The number of aryl methyl sites for hydroxylation is 1. The number of nitrogens with zero attached hydrogens (tertiary/aromatic N) is 2. The Morgan fingerprint density at radius 2 is 1.79 bits per heavy atom. The van der Waals surface area contributed by atoms with Crippen molar-refractivity contribution in [2.75, 3.05) is 6.54 Å². The lowest BCUT2D eigenvalue weighted by Crippen LogP contribution is -2.56. The molecule has 0 spiro atoms. The van der Waals surface area contributed by atoms with Crippen molar-refractivity contribution in [2.45, 2.75) is 103 Å². The van der Waals surface area contributed by atoms with Gasteiger partial charge in [-0.25, -0.2) is 9.37 Å². The Hall–Kier alpha value is -3.38. The molecule has 1 aliphatic heterocycles. The van der Waals surface area contributed by atoms with E-state index in [-0.39, 0.29) is 44.1 Å². The van der Waals surface area contributed by atoms with E-state index in [4.69, 9.17) is 0 Å². The number of aliphatic hydroxyl groups is 1. The van der Waals surface area contributed by atoms with Crippen LogP contribution in [0.1, 0.15) is 77.6 Å². The second-order valence-corrected chi connectivity index (χ2v) is 13.9. The van der Waals surface area contributed by atoms with E-state index in [1.54, 1.807) is 19.4 Å². The van der Waals surface area contributed by atoms with Crippen molar-refractivity contribution in [1.82, 2.24) is 25.8 Å². The first-order valence-corrected chi connectivity index (χ1v) is 15.6. The highest BCUT2D eigenvalue weighted by atomic mass is 32.1. The molecule has 4 amide bonds. The molecule has 0 unspecified atom stereocenters.